The molecular weight excluding hydrogens is 308 g/mol. The van der Waals surface area contributed by atoms with E-state index in [1.54, 1.807) is 0 Å². The summed E-state index contributed by atoms with van der Waals surface area (Å²) < 4.78 is 5.54. The molecule has 0 bridgehead atoms. The summed E-state index contributed by atoms with van der Waals surface area (Å²) in [6, 6.07) is 0.421. The van der Waals surface area contributed by atoms with Crippen LogP contribution in [0.25, 0.3) is 0 Å². The largest absolute Gasteiger partial charge is 0.379 e. The van der Waals surface area contributed by atoms with Gasteiger partial charge in [-0.05, 0) is 31.9 Å². The molecular formula is C17H34N4OS. The number of thioether (sulfide) groups is 1. The number of guanidine groups is 1. The molecule has 0 aliphatic carbocycles. The second-order valence-electron chi connectivity index (χ2n) is 7.00. The van der Waals surface area contributed by atoms with Crippen molar-refractivity contribution in [1.29, 1.82) is 0 Å². The third-order valence-corrected chi connectivity index (χ3v) is 6.24. The topological polar surface area (TPSA) is 48.9 Å². The lowest BCUT2D eigenvalue weighted by molar-refractivity contribution is -0.0104. The molecule has 2 unspecified atom stereocenters. The molecule has 23 heavy (non-hydrogen) atoms. The van der Waals surface area contributed by atoms with Crippen LogP contribution in [0.5, 0.6) is 0 Å². The van der Waals surface area contributed by atoms with Gasteiger partial charge in [0.05, 0.1) is 25.3 Å². The first kappa shape index (κ1) is 18.9. The minimum Gasteiger partial charge on any atom is -0.379 e. The smallest absolute Gasteiger partial charge is 0.191 e. The van der Waals surface area contributed by atoms with Gasteiger partial charge >= 0.3 is 0 Å². The van der Waals surface area contributed by atoms with Crippen LogP contribution in [0.3, 0.4) is 0 Å². The highest BCUT2D eigenvalue weighted by Gasteiger charge is 2.40. The lowest BCUT2D eigenvalue weighted by Crippen LogP contribution is -2.56. The Morgan fingerprint density at radius 2 is 2.04 bits per heavy atom. The van der Waals surface area contributed by atoms with Crippen molar-refractivity contribution in [1.82, 2.24) is 15.5 Å². The molecule has 0 amide bonds. The summed E-state index contributed by atoms with van der Waals surface area (Å²) in [6.45, 7) is 14.4. The van der Waals surface area contributed by atoms with Crippen molar-refractivity contribution < 1.29 is 4.74 Å². The van der Waals surface area contributed by atoms with Crippen molar-refractivity contribution in [3.8, 4) is 0 Å². The van der Waals surface area contributed by atoms with E-state index in [0.717, 1.165) is 45.4 Å². The highest BCUT2D eigenvalue weighted by Crippen LogP contribution is 2.34. The van der Waals surface area contributed by atoms with Crippen LogP contribution in [0, 0.1) is 5.92 Å². The number of hydrogen-bond acceptors (Lipinski definition) is 4. The van der Waals surface area contributed by atoms with Gasteiger partial charge in [-0.3, -0.25) is 9.89 Å². The van der Waals surface area contributed by atoms with Gasteiger partial charge < -0.3 is 15.4 Å². The Kier molecular flexibility index (Phi) is 7.50. The highest BCUT2D eigenvalue weighted by atomic mass is 32.2. The van der Waals surface area contributed by atoms with Gasteiger partial charge in [0.2, 0.25) is 0 Å². The minimum absolute atomic E-state index is 0.220. The quantitative estimate of drug-likeness (QED) is 0.569. The molecule has 0 radical (unpaired) electrons. The molecule has 6 heteroatoms. The number of rotatable bonds is 6. The lowest BCUT2D eigenvalue weighted by atomic mass is 9.96. The maximum Gasteiger partial charge on any atom is 0.191 e. The van der Waals surface area contributed by atoms with Gasteiger partial charge in [-0.25, -0.2) is 0 Å². The van der Waals surface area contributed by atoms with Crippen LogP contribution in [0.15, 0.2) is 4.99 Å². The molecule has 5 nitrogen and oxygen atoms in total. The van der Waals surface area contributed by atoms with Gasteiger partial charge in [0.1, 0.15) is 0 Å². The average Bonchev–Trinajstić information content (AvgIpc) is 3.03. The Labute approximate surface area is 146 Å². The molecule has 2 saturated heterocycles. The number of nitrogens with zero attached hydrogens (tertiary/aromatic N) is 2. The summed E-state index contributed by atoms with van der Waals surface area (Å²) in [4.78, 5) is 7.58. The molecule has 0 spiro atoms. The zero-order valence-corrected chi connectivity index (χ0v) is 16.0. The molecule has 0 aromatic carbocycles. The highest BCUT2D eigenvalue weighted by molar-refractivity contribution is 7.99. The summed E-state index contributed by atoms with van der Waals surface area (Å²) in [5.41, 5.74) is 0.220. The van der Waals surface area contributed by atoms with E-state index in [1.807, 2.05) is 0 Å². The van der Waals surface area contributed by atoms with E-state index < -0.39 is 0 Å². The van der Waals surface area contributed by atoms with Crippen molar-refractivity contribution in [3.63, 3.8) is 0 Å². The van der Waals surface area contributed by atoms with E-state index in [0.29, 0.717) is 12.0 Å². The Hall–Kier alpha value is -0.460. The fourth-order valence-corrected chi connectivity index (χ4v) is 4.50. The maximum atomic E-state index is 5.54. The number of hydrogen-bond donors (Lipinski definition) is 2. The molecule has 0 saturated carbocycles. The van der Waals surface area contributed by atoms with Crippen LogP contribution in [-0.2, 0) is 4.74 Å². The van der Waals surface area contributed by atoms with Gasteiger partial charge in [0.15, 0.2) is 5.96 Å². The zero-order chi connectivity index (χ0) is 16.7. The number of aliphatic imine (C=N–C) groups is 1. The van der Waals surface area contributed by atoms with E-state index in [4.69, 9.17) is 9.73 Å². The molecule has 2 rings (SSSR count). The minimum atomic E-state index is 0.220. The van der Waals surface area contributed by atoms with E-state index in [9.17, 15) is 0 Å². The van der Waals surface area contributed by atoms with E-state index >= 15 is 0 Å². The second-order valence-corrected chi connectivity index (χ2v) is 8.10. The van der Waals surface area contributed by atoms with Gasteiger partial charge in [0, 0.05) is 31.4 Å². The second kappa shape index (κ2) is 9.14. The van der Waals surface area contributed by atoms with E-state index in [2.05, 4.69) is 55.0 Å². The van der Waals surface area contributed by atoms with Gasteiger partial charge in [-0.1, -0.05) is 13.8 Å². The predicted octanol–water partition coefficient (Wildman–Crippen LogP) is 1.79. The molecule has 0 aromatic rings. The first-order valence-electron chi connectivity index (χ1n) is 9.03. The molecule has 2 fully saturated rings. The summed E-state index contributed by atoms with van der Waals surface area (Å²) in [5.74, 6) is 3.99. The Bertz CT molecular complexity index is 377. The molecule has 134 valence electrons. The monoisotopic (exact) mass is 342 g/mol. The van der Waals surface area contributed by atoms with Crippen LogP contribution in [0.2, 0.25) is 0 Å². The maximum absolute atomic E-state index is 5.54. The Morgan fingerprint density at radius 3 is 2.61 bits per heavy atom. The van der Waals surface area contributed by atoms with Gasteiger partial charge in [-0.2, -0.15) is 11.8 Å². The first-order chi connectivity index (χ1) is 11.1. The fraction of sp³-hybridized carbons (Fsp3) is 0.941. The molecule has 2 aliphatic rings. The summed E-state index contributed by atoms with van der Waals surface area (Å²) in [6.07, 6.45) is 1.24. The normalized spacial score (nSPS) is 28.1. The summed E-state index contributed by atoms with van der Waals surface area (Å²) in [5, 5.41) is 6.95. The summed E-state index contributed by atoms with van der Waals surface area (Å²) in [7, 11) is 0. The van der Waals surface area contributed by atoms with Crippen LogP contribution in [0.1, 0.15) is 34.1 Å². The average molecular weight is 343 g/mol. The lowest BCUT2D eigenvalue weighted by Gasteiger charge is -2.42. The van der Waals surface area contributed by atoms with Crippen molar-refractivity contribution in [3.05, 3.63) is 0 Å². The molecule has 0 aromatic heterocycles. The zero-order valence-electron chi connectivity index (χ0n) is 15.2. The standard InChI is InChI=1S/C17H34N4OS/c1-5-18-16(20-15(4)14(2)3)19-12-17(6-11-23-13-17)21-7-9-22-10-8-21/h14-15H,5-13H2,1-4H3,(H2,18,19,20). The third-order valence-electron chi connectivity index (χ3n) is 5.00. The Balaban J connectivity index is 2.04. The fourth-order valence-electron chi connectivity index (χ4n) is 3.04. The van der Waals surface area contributed by atoms with Crippen molar-refractivity contribution >= 4 is 17.7 Å². The van der Waals surface area contributed by atoms with Crippen molar-refractivity contribution in [2.45, 2.75) is 45.7 Å². The van der Waals surface area contributed by atoms with Crippen LogP contribution in [0.4, 0.5) is 0 Å². The molecule has 2 N–H and O–H groups in total. The number of morpholine rings is 1. The van der Waals surface area contributed by atoms with Crippen molar-refractivity contribution in [2.75, 3.05) is 50.9 Å². The Morgan fingerprint density at radius 1 is 1.30 bits per heavy atom. The van der Waals surface area contributed by atoms with Crippen molar-refractivity contribution in [2.24, 2.45) is 10.9 Å². The van der Waals surface area contributed by atoms with Crippen LogP contribution < -0.4 is 10.6 Å². The molecule has 2 heterocycles. The number of ether oxygens (including phenoxy) is 1. The summed E-state index contributed by atoms with van der Waals surface area (Å²) >= 11 is 2.07. The van der Waals surface area contributed by atoms with Crippen LogP contribution in [-0.4, -0.2) is 73.3 Å². The molecule has 2 aliphatic heterocycles. The third kappa shape index (κ3) is 5.26. The number of nitrogens with one attached hydrogen (secondary N) is 2. The predicted molar refractivity (Wildman–Crippen MR) is 100 cm³/mol. The van der Waals surface area contributed by atoms with Crippen LogP contribution >= 0.6 is 11.8 Å². The molecule has 2 atom stereocenters. The van der Waals surface area contributed by atoms with E-state index in [1.165, 1.54) is 17.9 Å². The first-order valence-corrected chi connectivity index (χ1v) is 10.2. The van der Waals surface area contributed by atoms with E-state index in [-0.39, 0.29) is 5.54 Å². The van der Waals surface area contributed by atoms with Gasteiger partial charge in [-0.15, -0.1) is 0 Å². The SMILES string of the molecule is CCNC(=NCC1(N2CCOCC2)CCSC1)NC(C)C(C)C. The van der Waals surface area contributed by atoms with Gasteiger partial charge in [0.25, 0.3) is 0 Å².